The Balaban J connectivity index is 4.80. The van der Waals surface area contributed by atoms with Gasteiger partial charge in [-0.05, 0) is 38.5 Å². The molecule has 0 aliphatic carbocycles. The zero-order valence-electron chi connectivity index (χ0n) is 13.2. The van der Waals surface area contributed by atoms with Crippen molar-refractivity contribution in [2.45, 2.75) is 54.4 Å². The average molecular weight is 271 g/mol. The van der Waals surface area contributed by atoms with E-state index in [1.807, 2.05) is 0 Å². The third-order valence-corrected chi connectivity index (χ3v) is 3.31. The van der Waals surface area contributed by atoms with E-state index in [1.54, 1.807) is 4.90 Å². The molecule has 0 saturated heterocycles. The Kier molecular flexibility index (Phi) is 7.09. The van der Waals surface area contributed by atoms with E-state index < -0.39 is 11.4 Å². The van der Waals surface area contributed by atoms with Gasteiger partial charge in [0.05, 0.1) is 0 Å². The van der Waals surface area contributed by atoms with Crippen LogP contribution in [0.1, 0.15) is 54.4 Å². The van der Waals surface area contributed by atoms with E-state index in [0.29, 0.717) is 24.9 Å². The first-order valence-corrected chi connectivity index (χ1v) is 7.11. The summed E-state index contributed by atoms with van der Waals surface area (Å²) in [6.07, 6.45) is 1.80. The molecule has 19 heavy (non-hydrogen) atoms. The highest BCUT2D eigenvalue weighted by molar-refractivity contribution is 6.00. The minimum Gasteiger partial charge on any atom is -0.480 e. The number of hydrogen-bond acceptors (Lipinski definition) is 2. The van der Waals surface area contributed by atoms with Crippen LogP contribution in [0.5, 0.6) is 0 Å². The minimum atomic E-state index is -1.34. The zero-order valence-corrected chi connectivity index (χ0v) is 13.2. The molecular formula is C15H29NO3. The van der Waals surface area contributed by atoms with Crippen LogP contribution in [0, 0.1) is 17.3 Å². The van der Waals surface area contributed by atoms with Gasteiger partial charge in [0, 0.05) is 13.1 Å². The van der Waals surface area contributed by atoms with Crippen LogP contribution < -0.4 is 0 Å². The van der Waals surface area contributed by atoms with Gasteiger partial charge < -0.3 is 10.0 Å². The Hall–Kier alpha value is -1.06. The summed E-state index contributed by atoms with van der Waals surface area (Å²) in [6, 6.07) is 0. The predicted octanol–water partition coefficient (Wildman–Crippen LogP) is 3.02. The lowest BCUT2D eigenvalue weighted by atomic mass is 9.91. The van der Waals surface area contributed by atoms with Gasteiger partial charge in [0.2, 0.25) is 5.91 Å². The second kappa shape index (κ2) is 7.51. The number of carbonyl (C=O) groups is 2. The van der Waals surface area contributed by atoms with E-state index in [0.717, 1.165) is 12.8 Å². The van der Waals surface area contributed by atoms with E-state index >= 15 is 0 Å². The van der Waals surface area contributed by atoms with Crippen LogP contribution in [0.15, 0.2) is 0 Å². The highest BCUT2D eigenvalue weighted by Crippen LogP contribution is 2.21. The first-order chi connectivity index (χ1) is 8.59. The van der Waals surface area contributed by atoms with Crippen LogP contribution in [0.2, 0.25) is 0 Å². The predicted molar refractivity (Wildman–Crippen MR) is 76.9 cm³/mol. The lowest BCUT2D eigenvalue weighted by molar-refractivity contribution is -0.158. The second-order valence-electron chi connectivity index (χ2n) is 6.59. The summed E-state index contributed by atoms with van der Waals surface area (Å²) >= 11 is 0. The van der Waals surface area contributed by atoms with Crippen molar-refractivity contribution in [1.82, 2.24) is 4.90 Å². The van der Waals surface area contributed by atoms with Crippen molar-refractivity contribution in [3.8, 4) is 0 Å². The van der Waals surface area contributed by atoms with Crippen LogP contribution in [0.25, 0.3) is 0 Å². The highest BCUT2D eigenvalue weighted by Gasteiger charge is 2.39. The molecule has 1 amide bonds. The molecule has 0 aromatic heterocycles. The van der Waals surface area contributed by atoms with E-state index in [1.165, 1.54) is 13.8 Å². The summed E-state index contributed by atoms with van der Waals surface area (Å²) in [7, 11) is 0. The number of aliphatic carboxylic acids is 1. The SMILES string of the molecule is CC(C)CCN(CCC(C)C)C(=O)C(C)(C)C(=O)O. The maximum atomic E-state index is 12.4. The topological polar surface area (TPSA) is 57.6 Å². The van der Waals surface area contributed by atoms with Crippen LogP contribution in [-0.4, -0.2) is 35.0 Å². The van der Waals surface area contributed by atoms with E-state index in [4.69, 9.17) is 5.11 Å². The number of nitrogens with zero attached hydrogens (tertiary/aromatic N) is 1. The van der Waals surface area contributed by atoms with Crippen molar-refractivity contribution >= 4 is 11.9 Å². The molecule has 0 aliphatic heterocycles. The molecule has 0 atom stereocenters. The van der Waals surface area contributed by atoms with Crippen molar-refractivity contribution in [2.75, 3.05) is 13.1 Å². The third-order valence-electron chi connectivity index (χ3n) is 3.31. The van der Waals surface area contributed by atoms with Gasteiger partial charge >= 0.3 is 5.97 Å². The number of carbonyl (C=O) groups excluding carboxylic acids is 1. The van der Waals surface area contributed by atoms with E-state index in [2.05, 4.69) is 27.7 Å². The molecule has 0 bridgehead atoms. The fraction of sp³-hybridized carbons (Fsp3) is 0.867. The molecule has 1 N–H and O–H groups in total. The molecule has 4 heteroatoms. The second-order valence-corrected chi connectivity index (χ2v) is 6.59. The fourth-order valence-corrected chi connectivity index (χ4v) is 1.63. The summed E-state index contributed by atoms with van der Waals surface area (Å²) in [5.74, 6) is -0.331. The van der Waals surface area contributed by atoms with Crippen molar-refractivity contribution in [1.29, 1.82) is 0 Å². The number of rotatable bonds is 8. The summed E-state index contributed by atoms with van der Waals surface area (Å²) in [5.41, 5.74) is -1.34. The largest absolute Gasteiger partial charge is 0.480 e. The average Bonchev–Trinajstić information content (AvgIpc) is 2.27. The monoisotopic (exact) mass is 271 g/mol. The highest BCUT2D eigenvalue weighted by atomic mass is 16.4. The summed E-state index contributed by atoms with van der Waals surface area (Å²) in [6.45, 7) is 12.7. The fourth-order valence-electron chi connectivity index (χ4n) is 1.63. The van der Waals surface area contributed by atoms with Gasteiger partial charge in [-0.25, -0.2) is 0 Å². The lowest BCUT2D eigenvalue weighted by Gasteiger charge is -2.30. The van der Waals surface area contributed by atoms with Gasteiger partial charge in [-0.3, -0.25) is 9.59 Å². The minimum absolute atomic E-state index is 0.277. The molecule has 0 radical (unpaired) electrons. The Labute approximate surface area is 117 Å². The molecular weight excluding hydrogens is 242 g/mol. The van der Waals surface area contributed by atoms with Gasteiger partial charge in [-0.1, -0.05) is 27.7 Å². The smallest absolute Gasteiger partial charge is 0.318 e. The molecule has 0 fully saturated rings. The summed E-state index contributed by atoms with van der Waals surface area (Å²) in [4.78, 5) is 25.3. The van der Waals surface area contributed by atoms with Crippen molar-refractivity contribution in [2.24, 2.45) is 17.3 Å². The third kappa shape index (κ3) is 6.08. The molecule has 0 spiro atoms. The van der Waals surface area contributed by atoms with Gasteiger partial charge in [-0.2, -0.15) is 0 Å². The van der Waals surface area contributed by atoms with Crippen LogP contribution in [-0.2, 0) is 9.59 Å². The van der Waals surface area contributed by atoms with Gasteiger partial charge in [0.25, 0.3) is 0 Å². The van der Waals surface area contributed by atoms with Crippen LogP contribution in [0.4, 0.5) is 0 Å². The first kappa shape index (κ1) is 17.9. The van der Waals surface area contributed by atoms with Crippen molar-refractivity contribution in [3.63, 3.8) is 0 Å². The summed E-state index contributed by atoms with van der Waals surface area (Å²) < 4.78 is 0. The number of carboxylic acid groups (broad SMARTS) is 1. The van der Waals surface area contributed by atoms with Crippen LogP contribution in [0.3, 0.4) is 0 Å². The maximum absolute atomic E-state index is 12.4. The lowest BCUT2D eigenvalue weighted by Crippen LogP contribution is -2.46. The Morgan fingerprint density at radius 3 is 1.63 bits per heavy atom. The molecule has 4 nitrogen and oxygen atoms in total. The quantitative estimate of drug-likeness (QED) is 0.690. The molecule has 0 saturated carbocycles. The molecule has 0 aromatic carbocycles. The van der Waals surface area contributed by atoms with Gasteiger partial charge in [-0.15, -0.1) is 0 Å². The van der Waals surface area contributed by atoms with Crippen molar-refractivity contribution in [3.05, 3.63) is 0 Å². The maximum Gasteiger partial charge on any atom is 0.318 e. The Morgan fingerprint density at radius 2 is 1.37 bits per heavy atom. The Bertz CT molecular complexity index is 297. The zero-order chi connectivity index (χ0) is 15.2. The number of carboxylic acids is 1. The summed E-state index contributed by atoms with van der Waals surface area (Å²) in [5, 5.41) is 9.17. The molecule has 0 unspecified atom stereocenters. The van der Waals surface area contributed by atoms with Crippen LogP contribution >= 0.6 is 0 Å². The Morgan fingerprint density at radius 1 is 1.00 bits per heavy atom. The molecule has 0 aliphatic rings. The number of hydrogen-bond donors (Lipinski definition) is 1. The van der Waals surface area contributed by atoms with E-state index in [9.17, 15) is 9.59 Å². The molecule has 0 rings (SSSR count). The van der Waals surface area contributed by atoms with Gasteiger partial charge in [0.1, 0.15) is 5.41 Å². The molecule has 112 valence electrons. The standard InChI is InChI=1S/C15H29NO3/c1-11(2)7-9-16(10-8-12(3)4)13(17)15(5,6)14(18)19/h11-12H,7-10H2,1-6H3,(H,18,19). The number of amides is 1. The first-order valence-electron chi connectivity index (χ1n) is 7.11. The normalized spacial score (nSPS) is 12.0. The van der Waals surface area contributed by atoms with Crippen molar-refractivity contribution < 1.29 is 14.7 Å². The molecule has 0 heterocycles. The van der Waals surface area contributed by atoms with Gasteiger partial charge in [0.15, 0.2) is 0 Å². The van der Waals surface area contributed by atoms with E-state index in [-0.39, 0.29) is 5.91 Å². The molecule has 0 aromatic rings.